The summed E-state index contributed by atoms with van der Waals surface area (Å²) >= 11 is 0. The Morgan fingerprint density at radius 2 is 1.32 bits per heavy atom. The molecule has 0 amide bonds. The quantitative estimate of drug-likeness (QED) is 0.178. The first kappa shape index (κ1) is 28.2. The van der Waals surface area contributed by atoms with Gasteiger partial charge in [-0.3, -0.25) is 4.90 Å². The fourth-order valence-electron chi connectivity index (χ4n) is 4.98. The minimum Gasteiger partial charge on any atom is -0.281 e. The Kier molecular flexibility index (Phi) is 8.59. The molecule has 1 unspecified atom stereocenters. The Labute approximate surface area is 238 Å². The summed E-state index contributed by atoms with van der Waals surface area (Å²) < 4.78 is 43.3. The van der Waals surface area contributed by atoms with Crippen LogP contribution in [0.5, 0.6) is 0 Å². The third-order valence-corrected chi connectivity index (χ3v) is 7.13. The van der Waals surface area contributed by atoms with Crippen molar-refractivity contribution < 1.29 is 13.2 Å². The Balaban J connectivity index is 1.62. The van der Waals surface area contributed by atoms with Crippen molar-refractivity contribution in [2.75, 3.05) is 0 Å². The van der Waals surface area contributed by atoms with E-state index in [0.717, 1.165) is 22.8 Å². The first-order chi connectivity index (χ1) is 19.8. The van der Waals surface area contributed by atoms with Crippen LogP contribution in [0, 0.1) is 0 Å². The number of hydrogen-bond donors (Lipinski definition) is 0. The summed E-state index contributed by atoms with van der Waals surface area (Å²) in [4.78, 5) is 2.14. The highest BCUT2D eigenvalue weighted by molar-refractivity contribution is 5.33. The first-order valence-electron chi connectivity index (χ1n) is 13.6. The molecule has 0 saturated heterocycles. The zero-order valence-electron chi connectivity index (χ0n) is 23.0. The van der Waals surface area contributed by atoms with Crippen molar-refractivity contribution >= 4 is 0 Å². The molecule has 210 valence electrons. The normalized spacial score (nSPS) is 12.7. The van der Waals surface area contributed by atoms with Gasteiger partial charge in [0.25, 0.3) is 0 Å². The number of aromatic nitrogens is 4. The topological polar surface area (TPSA) is 46.8 Å². The molecule has 41 heavy (non-hydrogen) atoms. The zero-order valence-corrected chi connectivity index (χ0v) is 23.0. The van der Waals surface area contributed by atoms with Crippen molar-refractivity contribution in [3.63, 3.8) is 0 Å². The average Bonchev–Trinajstić information content (AvgIpc) is 3.41. The van der Waals surface area contributed by atoms with Crippen LogP contribution >= 0.6 is 0 Å². The van der Waals surface area contributed by atoms with Gasteiger partial charge in [0.15, 0.2) is 5.82 Å². The molecule has 1 aromatic heterocycles. The van der Waals surface area contributed by atoms with E-state index in [1.807, 2.05) is 60.7 Å². The number of nitrogens with zero attached hydrogens (tertiary/aromatic N) is 5. The van der Waals surface area contributed by atoms with Gasteiger partial charge in [-0.15, -0.1) is 5.10 Å². The number of tetrazole rings is 1. The second-order valence-corrected chi connectivity index (χ2v) is 10.5. The third kappa shape index (κ3) is 7.08. The minimum atomic E-state index is -4.48. The minimum absolute atomic E-state index is 0.390. The van der Waals surface area contributed by atoms with Crippen LogP contribution < -0.4 is 0 Å². The Morgan fingerprint density at radius 3 is 1.93 bits per heavy atom. The number of halogens is 3. The second kappa shape index (κ2) is 12.5. The number of hydrogen-bond acceptors (Lipinski definition) is 4. The van der Waals surface area contributed by atoms with E-state index >= 15 is 0 Å². The molecule has 4 aromatic carbocycles. The standard InChI is InChI=1S/C33H32F3N5/c1-24(2)28-18-16-27(17-19-28)22-40(21-25-10-5-3-6-11-25)31(29-14-9-15-30(20-29)33(34,35)36)32-37-38-39-41(32)23-26-12-7-4-8-13-26/h3-20,24,31H,21-23H2,1-2H3. The summed E-state index contributed by atoms with van der Waals surface area (Å²) in [5, 5.41) is 12.6. The van der Waals surface area contributed by atoms with E-state index in [2.05, 4.69) is 58.5 Å². The smallest absolute Gasteiger partial charge is 0.281 e. The SMILES string of the molecule is CC(C)c1ccc(CN(Cc2ccccc2)C(c2cccc(C(F)(F)F)c2)c2nnnn2Cc2ccccc2)cc1. The molecule has 0 aliphatic carbocycles. The third-order valence-electron chi connectivity index (χ3n) is 7.13. The van der Waals surface area contributed by atoms with Crippen LogP contribution in [0.15, 0.2) is 109 Å². The van der Waals surface area contributed by atoms with Crippen molar-refractivity contribution in [1.82, 2.24) is 25.1 Å². The molecule has 0 fully saturated rings. The van der Waals surface area contributed by atoms with Crippen molar-refractivity contribution in [3.8, 4) is 0 Å². The average molecular weight is 556 g/mol. The maximum Gasteiger partial charge on any atom is 0.416 e. The lowest BCUT2D eigenvalue weighted by Gasteiger charge is -2.32. The molecule has 1 heterocycles. The molecule has 5 aromatic rings. The molecular weight excluding hydrogens is 523 g/mol. The van der Waals surface area contributed by atoms with Gasteiger partial charge in [0, 0.05) is 13.1 Å². The van der Waals surface area contributed by atoms with Gasteiger partial charge in [0.05, 0.1) is 18.2 Å². The van der Waals surface area contributed by atoms with E-state index in [-0.39, 0.29) is 0 Å². The van der Waals surface area contributed by atoms with Crippen LogP contribution in [0.25, 0.3) is 0 Å². The molecule has 0 bridgehead atoms. The largest absolute Gasteiger partial charge is 0.416 e. The van der Waals surface area contributed by atoms with E-state index < -0.39 is 17.8 Å². The van der Waals surface area contributed by atoms with Gasteiger partial charge in [-0.05, 0) is 56.3 Å². The monoisotopic (exact) mass is 555 g/mol. The molecule has 0 aliphatic rings. The van der Waals surface area contributed by atoms with E-state index in [1.54, 1.807) is 10.7 Å². The first-order valence-corrected chi connectivity index (χ1v) is 13.6. The summed E-state index contributed by atoms with van der Waals surface area (Å²) in [6, 6.07) is 32.9. The van der Waals surface area contributed by atoms with Crippen LogP contribution in [0.2, 0.25) is 0 Å². The highest BCUT2D eigenvalue weighted by Gasteiger charge is 2.34. The van der Waals surface area contributed by atoms with Crippen molar-refractivity contribution in [3.05, 3.63) is 148 Å². The van der Waals surface area contributed by atoms with E-state index in [4.69, 9.17) is 0 Å². The van der Waals surface area contributed by atoms with Gasteiger partial charge in [-0.2, -0.15) is 13.2 Å². The Hall–Kier alpha value is -4.30. The van der Waals surface area contributed by atoms with Gasteiger partial charge >= 0.3 is 6.18 Å². The summed E-state index contributed by atoms with van der Waals surface area (Å²) in [6.07, 6.45) is -4.48. The van der Waals surface area contributed by atoms with Gasteiger partial charge < -0.3 is 0 Å². The van der Waals surface area contributed by atoms with Crippen LogP contribution in [-0.2, 0) is 25.8 Å². The van der Waals surface area contributed by atoms with Gasteiger partial charge in [0.1, 0.15) is 0 Å². The molecule has 5 rings (SSSR count). The Morgan fingerprint density at radius 1 is 0.707 bits per heavy atom. The lowest BCUT2D eigenvalue weighted by molar-refractivity contribution is -0.137. The van der Waals surface area contributed by atoms with E-state index in [0.29, 0.717) is 36.9 Å². The van der Waals surface area contributed by atoms with Crippen LogP contribution in [0.4, 0.5) is 13.2 Å². The predicted molar refractivity (Wildman–Crippen MR) is 153 cm³/mol. The highest BCUT2D eigenvalue weighted by atomic mass is 19.4. The molecular formula is C33H32F3N5. The highest BCUT2D eigenvalue weighted by Crippen LogP contribution is 2.35. The summed E-state index contributed by atoms with van der Waals surface area (Å²) in [6.45, 7) is 5.64. The molecule has 0 radical (unpaired) electrons. The maximum absolute atomic E-state index is 13.9. The Bertz CT molecular complexity index is 1530. The molecule has 0 N–H and O–H groups in total. The van der Waals surface area contributed by atoms with Gasteiger partial charge in [-0.25, -0.2) is 4.68 Å². The van der Waals surface area contributed by atoms with Crippen molar-refractivity contribution in [1.29, 1.82) is 0 Å². The summed E-state index contributed by atoms with van der Waals surface area (Å²) in [7, 11) is 0. The molecule has 0 aliphatic heterocycles. The number of benzene rings is 4. The molecule has 0 spiro atoms. The lowest BCUT2D eigenvalue weighted by atomic mass is 9.98. The number of rotatable bonds is 10. The van der Waals surface area contributed by atoms with E-state index in [9.17, 15) is 13.2 Å². The van der Waals surface area contributed by atoms with Crippen molar-refractivity contribution in [2.45, 2.75) is 51.6 Å². The van der Waals surface area contributed by atoms with Crippen LogP contribution in [0.3, 0.4) is 0 Å². The lowest BCUT2D eigenvalue weighted by Crippen LogP contribution is -2.31. The zero-order chi connectivity index (χ0) is 28.8. The molecule has 5 nitrogen and oxygen atoms in total. The molecule has 1 atom stereocenters. The van der Waals surface area contributed by atoms with Gasteiger partial charge in [-0.1, -0.05) is 111 Å². The van der Waals surface area contributed by atoms with Crippen LogP contribution in [0.1, 0.15) is 65.0 Å². The number of alkyl halides is 3. The molecule has 0 saturated carbocycles. The molecule has 8 heteroatoms. The summed E-state index contributed by atoms with van der Waals surface area (Å²) in [5.74, 6) is 0.868. The van der Waals surface area contributed by atoms with Crippen molar-refractivity contribution in [2.24, 2.45) is 0 Å². The predicted octanol–water partition coefficient (Wildman–Crippen LogP) is 7.66. The van der Waals surface area contributed by atoms with Crippen LogP contribution in [-0.4, -0.2) is 25.1 Å². The van der Waals surface area contributed by atoms with Gasteiger partial charge in [0.2, 0.25) is 0 Å². The van der Waals surface area contributed by atoms with E-state index in [1.165, 1.54) is 17.7 Å². The fourth-order valence-corrected chi connectivity index (χ4v) is 4.98. The maximum atomic E-state index is 13.9. The fraction of sp³-hybridized carbons (Fsp3) is 0.242. The second-order valence-electron chi connectivity index (χ2n) is 10.5. The summed E-state index contributed by atoms with van der Waals surface area (Å²) in [5.41, 5.74) is 4.06.